The van der Waals surface area contributed by atoms with Crippen LogP contribution in [-0.2, 0) is 4.79 Å². The molecule has 142 valence electrons. The molecule has 1 aliphatic rings. The first kappa shape index (κ1) is 19.8. The van der Waals surface area contributed by atoms with E-state index >= 15 is 0 Å². The van der Waals surface area contributed by atoms with Gasteiger partial charge in [0.05, 0.1) is 11.1 Å². The lowest BCUT2D eigenvalue weighted by Crippen LogP contribution is -2.42. The number of nitrogens with one attached hydrogen (secondary N) is 2. The van der Waals surface area contributed by atoms with Crippen molar-refractivity contribution in [2.75, 3.05) is 29.9 Å². The summed E-state index contributed by atoms with van der Waals surface area (Å²) in [6.07, 6.45) is 2.52. The summed E-state index contributed by atoms with van der Waals surface area (Å²) in [4.78, 5) is 26.6. The van der Waals surface area contributed by atoms with E-state index in [2.05, 4.69) is 31.1 Å². The fourth-order valence-electron chi connectivity index (χ4n) is 2.67. The lowest BCUT2D eigenvalue weighted by molar-refractivity contribution is -0.127. The van der Waals surface area contributed by atoms with E-state index in [0.717, 1.165) is 12.1 Å². The standard InChI is InChI=1S/C20H29N3O3/c1-6-10-21-19(25)22-15-7-8-16-17(12-15)26-13-20(4,5)18(24)23(16)11-9-14(2)3/h6-8,12,14H,1,9-11,13H2,2-5H3,(H2,21,22,25). The molecule has 2 rings (SSSR count). The van der Waals surface area contributed by atoms with Crippen LogP contribution in [0, 0.1) is 11.3 Å². The van der Waals surface area contributed by atoms with Crippen molar-refractivity contribution in [1.29, 1.82) is 0 Å². The molecule has 0 spiro atoms. The summed E-state index contributed by atoms with van der Waals surface area (Å²) >= 11 is 0. The topological polar surface area (TPSA) is 70.7 Å². The Kier molecular flexibility index (Phi) is 6.29. The van der Waals surface area contributed by atoms with Gasteiger partial charge in [-0.3, -0.25) is 4.79 Å². The number of rotatable bonds is 6. The third-order valence-electron chi connectivity index (χ3n) is 4.26. The second-order valence-electron chi connectivity index (χ2n) is 7.62. The first-order valence-electron chi connectivity index (χ1n) is 8.99. The second kappa shape index (κ2) is 8.25. The van der Waals surface area contributed by atoms with E-state index in [1.165, 1.54) is 0 Å². The fourth-order valence-corrected chi connectivity index (χ4v) is 2.67. The van der Waals surface area contributed by atoms with E-state index in [4.69, 9.17) is 4.74 Å². The Morgan fingerprint density at radius 2 is 2.15 bits per heavy atom. The van der Waals surface area contributed by atoms with Gasteiger partial charge in [-0.2, -0.15) is 0 Å². The third kappa shape index (κ3) is 4.77. The van der Waals surface area contributed by atoms with E-state index in [0.29, 0.717) is 37.1 Å². The van der Waals surface area contributed by atoms with Crippen LogP contribution in [0.5, 0.6) is 5.75 Å². The van der Waals surface area contributed by atoms with Crippen molar-refractivity contribution in [1.82, 2.24) is 5.32 Å². The summed E-state index contributed by atoms with van der Waals surface area (Å²) in [5.74, 6) is 1.16. The lowest BCUT2D eigenvalue weighted by atomic mass is 9.92. The number of fused-ring (bicyclic) bond motifs is 1. The molecule has 0 fully saturated rings. The Labute approximate surface area is 155 Å². The number of carbonyl (C=O) groups excluding carboxylic acids is 2. The van der Waals surface area contributed by atoms with Gasteiger partial charge < -0.3 is 20.3 Å². The molecule has 0 aliphatic carbocycles. The number of hydrogen-bond acceptors (Lipinski definition) is 3. The molecule has 0 saturated heterocycles. The van der Waals surface area contributed by atoms with Gasteiger partial charge in [0, 0.05) is 24.8 Å². The molecule has 0 unspecified atom stereocenters. The minimum Gasteiger partial charge on any atom is -0.490 e. The van der Waals surface area contributed by atoms with Gasteiger partial charge in [0.25, 0.3) is 0 Å². The van der Waals surface area contributed by atoms with Gasteiger partial charge >= 0.3 is 6.03 Å². The van der Waals surface area contributed by atoms with Crippen molar-refractivity contribution in [3.63, 3.8) is 0 Å². The number of nitrogens with zero attached hydrogens (tertiary/aromatic N) is 1. The predicted molar refractivity (Wildman–Crippen MR) is 105 cm³/mol. The summed E-state index contributed by atoms with van der Waals surface area (Å²) in [5, 5.41) is 5.42. The Morgan fingerprint density at radius 1 is 1.42 bits per heavy atom. The van der Waals surface area contributed by atoms with Crippen molar-refractivity contribution < 1.29 is 14.3 Å². The van der Waals surface area contributed by atoms with Crippen molar-refractivity contribution in [2.24, 2.45) is 11.3 Å². The summed E-state index contributed by atoms with van der Waals surface area (Å²) < 4.78 is 5.92. The van der Waals surface area contributed by atoms with Crippen LogP contribution >= 0.6 is 0 Å². The van der Waals surface area contributed by atoms with E-state index in [-0.39, 0.29) is 11.9 Å². The molecule has 6 heteroatoms. The molecule has 1 aliphatic heterocycles. The van der Waals surface area contributed by atoms with Crippen LogP contribution in [0.4, 0.5) is 16.2 Å². The summed E-state index contributed by atoms with van der Waals surface area (Å²) in [5.41, 5.74) is 0.754. The van der Waals surface area contributed by atoms with Crippen molar-refractivity contribution >= 4 is 23.3 Å². The minimum atomic E-state index is -0.606. The number of ether oxygens (including phenoxy) is 1. The Morgan fingerprint density at radius 3 is 2.81 bits per heavy atom. The van der Waals surface area contributed by atoms with Gasteiger partial charge in [0.15, 0.2) is 0 Å². The number of hydrogen-bond donors (Lipinski definition) is 2. The Hall–Kier alpha value is -2.50. The zero-order chi connectivity index (χ0) is 19.3. The van der Waals surface area contributed by atoms with Crippen LogP contribution in [0.1, 0.15) is 34.1 Å². The van der Waals surface area contributed by atoms with Gasteiger partial charge in [-0.1, -0.05) is 19.9 Å². The zero-order valence-electron chi connectivity index (χ0n) is 16.1. The van der Waals surface area contributed by atoms with Gasteiger partial charge in [-0.15, -0.1) is 6.58 Å². The summed E-state index contributed by atoms with van der Waals surface area (Å²) in [6, 6.07) is 5.06. The molecule has 1 aromatic rings. The quantitative estimate of drug-likeness (QED) is 0.759. The molecule has 1 heterocycles. The van der Waals surface area contributed by atoms with E-state index in [1.807, 2.05) is 24.8 Å². The molecule has 3 amide bonds. The number of anilines is 2. The van der Waals surface area contributed by atoms with Crippen LogP contribution in [0.25, 0.3) is 0 Å². The Balaban J connectivity index is 2.28. The van der Waals surface area contributed by atoms with Gasteiger partial charge in [0.2, 0.25) is 5.91 Å². The summed E-state index contributed by atoms with van der Waals surface area (Å²) in [6.45, 7) is 13.0. The van der Waals surface area contributed by atoms with Gasteiger partial charge in [0.1, 0.15) is 12.4 Å². The van der Waals surface area contributed by atoms with Crippen LogP contribution < -0.4 is 20.3 Å². The molecule has 0 atom stereocenters. The normalized spacial score (nSPS) is 15.7. The largest absolute Gasteiger partial charge is 0.490 e. The number of benzene rings is 1. The maximum atomic E-state index is 13.0. The first-order valence-corrected chi connectivity index (χ1v) is 8.99. The molecule has 26 heavy (non-hydrogen) atoms. The smallest absolute Gasteiger partial charge is 0.319 e. The van der Waals surface area contributed by atoms with Crippen LogP contribution in [-0.4, -0.2) is 31.6 Å². The van der Waals surface area contributed by atoms with Crippen molar-refractivity contribution in [3.8, 4) is 5.75 Å². The van der Waals surface area contributed by atoms with E-state index < -0.39 is 5.41 Å². The highest BCUT2D eigenvalue weighted by Gasteiger charge is 2.37. The minimum absolute atomic E-state index is 0.0568. The van der Waals surface area contributed by atoms with Gasteiger partial charge in [-0.25, -0.2) is 4.79 Å². The van der Waals surface area contributed by atoms with Crippen LogP contribution in [0.2, 0.25) is 0 Å². The zero-order valence-corrected chi connectivity index (χ0v) is 16.1. The molecule has 2 N–H and O–H groups in total. The van der Waals surface area contributed by atoms with Gasteiger partial charge in [-0.05, 0) is 38.3 Å². The van der Waals surface area contributed by atoms with Crippen LogP contribution in [0.15, 0.2) is 30.9 Å². The molecule has 0 bridgehead atoms. The highest BCUT2D eigenvalue weighted by Crippen LogP contribution is 2.38. The lowest BCUT2D eigenvalue weighted by Gasteiger charge is -2.28. The number of carbonyl (C=O) groups is 2. The summed E-state index contributed by atoms with van der Waals surface area (Å²) in [7, 11) is 0. The Bertz CT molecular complexity index is 683. The monoisotopic (exact) mass is 359 g/mol. The van der Waals surface area contributed by atoms with E-state index in [1.54, 1.807) is 18.2 Å². The average molecular weight is 359 g/mol. The predicted octanol–water partition coefficient (Wildman–Crippen LogP) is 3.79. The van der Waals surface area contributed by atoms with Crippen LogP contribution in [0.3, 0.4) is 0 Å². The molecule has 0 aromatic heterocycles. The SMILES string of the molecule is C=CCNC(=O)Nc1ccc2c(c1)OCC(C)(C)C(=O)N2CCC(C)C. The van der Waals surface area contributed by atoms with Crippen molar-refractivity contribution in [2.45, 2.75) is 34.1 Å². The first-order chi connectivity index (χ1) is 12.2. The maximum absolute atomic E-state index is 13.0. The highest BCUT2D eigenvalue weighted by atomic mass is 16.5. The average Bonchev–Trinajstić information content (AvgIpc) is 2.67. The highest BCUT2D eigenvalue weighted by molar-refractivity contribution is 6.00. The second-order valence-corrected chi connectivity index (χ2v) is 7.62. The molecule has 0 radical (unpaired) electrons. The van der Waals surface area contributed by atoms with Crippen molar-refractivity contribution in [3.05, 3.63) is 30.9 Å². The maximum Gasteiger partial charge on any atom is 0.319 e. The molecule has 0 saturated carbocycles. The molecular weight excluding hydrogens is 330 g/mol. The molecule has 6 nitrogen and oxygen atoms in total. The number of amides is 3. The number of urea groups is 1. The molecule has 1 aromatic carbocycles. The molecular formula is C20H29N3O3. The third-order valence-corrected chi connectivity index (χ3v) is 4.26. The van der Waals surface area contributed by atoms with E-state index in [9.17, 15) is 9.59 Å². The fraction of sp³-hybridized carbons (Fsp3) is 0.500.